The second-order valence-corrected chi connectivity index (χ2v) is 9.52. The molecule has 0 aliphatic heterocycles. The molecule has 0 saturated heterocycles. The number of benzene rings is 2. The Labute approximate surface area is 171 Å². The Kier molecular flexibility index (Phi) is 5.77. The number of hydrogen-bond acceptors (Lipinski definition) is 6. The second kappa shape index (κ2) is 7.96. The fraction of sp³-hybridized carbons (Fsp3) is 0.333. The molecule has 0 bridgehead atoms. The van der Waals surface area contributed by atoms with Crippen LogP contribution in [0.25, 0.3) is 11.4 Å². The molecule has 29 heavy (non-hydrogen) atoms. The van der Waals surface area contributed by atoms with Gasteiger partial charge in [-0.05, 0) is 42.2 Å². The van der Waals surface area contributed by atoms with Gasteiger partial charge in [0.2, 0.25) is 21.7 Å². The molecular weight excluding hydrogens is 390 g/mol. The molecule has 0 unspecified atom stereocenters. The third-order valence-electron chi connectivity index (χ3n) is 4.52. The molecule has 0 fully saturated rings. The molecule has 3 rings (SSSR count). The lowest BCUT2D eigenvalue weighted by Crippen LogP contribution is -2.27. The Balaban J connectivity index is 1.75. The first-order valence-corrected chi connectivity index (χ1v) is 10.7. The van der Waals surface area contributed by atoms with E-state index < -0.39 is 16.1 Å². The largest absolute Gasteiger partial charge is 0.497 e. The average Bonchev–Trinajstić information content (AvgIpc) is 3.17. The van der Waals surface area contributed by atoms with E-state index in [9.17, 15) is 8.42 Å². The van der Waals surface area contributed by atoms with E-state index >= 15 is 0 Å². The van der Waals surface area contributed by atoms with E-state index in [1.54, 1.807) is 19.1 Å². The molecule has 8 heteroatoms. The monoisotopic (exact) mass is 415 g/mol. The minimum atomic E-state index is -3.74. The summed E-state index contributed by atoms with van der Waals surface area (Å²) in [4.78, 5) is 4.48. The summed E-state index contributed by atoms with van der Waals surface area (Å²) >= 11 is 0. The number of nitrogens with zero attached hydrogens (tertiary/aromatic N) is 2. The first-order chi connectivity index (χ1) is 13.6. The maximum absolute atomic E-state index is 12.6. The zero-order chi connectivity index (χ0) is 21.2. The van der Waals surface area contributed by atoms with Crippen molar-refractivity contribution in [3.05, 3.63) is 60.0 Å². The van der Waals surface area contributed by atoms with Gasteiger partial charge in [-0.1, -0.05) is 50.2 Å². The standard InChI is InChI=1S/C21H25N3O4S/c1-14(24-29(25,26)18-12-10-17(27-5)11-13-18)20-22-19(23-28-20)15-6-8-16(9-7-15)21(2,3)4/h6-14,24H,1-5H3/t14-/m1/s1. The Hall–Kier alpha value is -2.71. The second-order valence-electron chi connectivity index (χ2n) is 7.80. The zero-order valence-electron chi connectivity index (χ0n) is 17.1. The molecule has 154 valence electrons. The third-order valence-corrected chi connectivity index (χ3v) is 6.08. The van der Waals surface area contributed by atoms with Crippen LogP contribution in [-0.2, 0) is 15.4 Å². The summed E-state index contributed by atoms with van der Waals surface area (Å²) < 4.78 is 38.1. The molecule has 1 aromatic heterocycles. The van der Waals surface area contributed by atoms with E-state index in [-0.39, 0.29) is 16.2 Å². The number of sulfonamides is 1. The van der Waals surface area contributed by atoms with Gasteiger partial charge in [-0.3, -0.25) is 0 Å². The lowest BCUT2D eigenvalue weighted by Gasteiger charge is -2.18. The molecule has 0 radical (unpaired) electrons. The van der Waals surface area contributed by atoms with E-state index in [0.717, 1.165) is 5.56 Å². The zero-order valence-corrected chi connectivity index (χ0v) is 17.9. The van der Waals surface area contributed by atoms with Gasteiger partial charge in [-0.15, -0.1) is 0 Å². The molecule has 1 N–H and O–H groups in total. The lowest BCUT2D eigenvalue weighted by atomic mass is 9.87. The van der Waals surface area contributed by atoms with Crippen molar-refractivity contribution in [1.29, 1.82) is 0 Å². The molecule has 7 nitrogen and oxygen atoms in total. The quantitative estimate of drug-likeness (QED) is 0.652. The van der Waals surface area contributed by atoms with Crippen molar-refractivity contribution >= 4 is 10.0 Å². The van der Waals surface area contributed by atoms with E-state index in [4.69, 9.17) is 9.26 Å². The summed E-state index contributed by atoms with van der Waals surface area (Å²) in [6, 6.07) is 13.4. The van der Waals surface area contributed by atoms with Crippen molar-refractivity contribution in [3.63, 3.8) is 0 Å². The SMILES string of the molecule is COc1ccc(S(=O)(=O)N[C@H](C)c2nc(-c3ccc(C(C)(C)C)cc3)no2)cc1. The summed E-state index contributed by atoms with van der Waals surface area (Å²) in [5, 5.41) is 3.99. The van der Waals surface area contributed by atoms with Gasteiger partial charge in [-0.2, -0.15) is 9.71 Å². The highest BCUT2D eigenvalue weighted by molar-refractivity contribution is 7.89. The molecule has 1 atom stereocenters. The van der Waals surface area contributed by atoms with Crippen LogP contribution in [0, 0.1) is 0 Å². The number of nitrogens with one attached hydrogen (secondary N) is 1. The molecule has 0 aliphatic rings. The van der Waals surface area contributed by atoms with Crippen molar-refractivity contribution in [2.24, 2.45) is 0 Å². The first-order valence-electron chi connectivity index (χ1n) is 9.21. The number of aromatic nitrogens is 2. The molecular formula is C21H25N3O4S. The number of hydrogen-bond donors (Lipinski definition) is 1. The molecule has 1 heterocycles. The predicted molar refractivity (Wildman–Crippen MR) is 110 cm³/mol. The topological polar surface area (TPSA) is 94.3 Å². The number of methoxy groups -OCH3 is 1. The summed E-state index contributed by atoms with van der Waals surface area (Å²) in [5.74, 6) is 1.18. The fourth-order valence-corrected chi connectivity index (χ4v) is 3.95. The fourth-order valence-electron chi connectivity index (χ4n) is 2.75. The van der Waals surface area contributed by atoms with E-state index in [1.807, 2.05) is 24.3 Å². The first kappa shape index (κ1) is 21.0. The third kappa shape index (κ3) is 4.83. The van der Waals surface area contributed by atoms with Crippen LogP contribution in [0.4, 0.5) is 0 Å². The summed E-state index contributed by atoms with van der Waals surface area (Å²) in [6.07, 6.45) is 0. The van der Waals surface area contributed by atoms with Crippen molar-refractivity contribution in [1.82, 2.24) is 14.9 Å². The highest BCUT2D eigenvalue weighted by atomic mass is 32.2. The highest BCUT2D eigenvalue weighted by Gasteiger charge is 2.23. The van der Waals surface area contributed by atoms with Gasteiger partial charge < -0.3 is 9.26 Å². The van der Waals surface area contributed by atoms with Crippen molar-refractivity contribution in [2.45, 2.75) is 44.0 Å². The molecule has 2 aromatic carbocycles. The molecule has 3 aromatic rings. The summed E-state index contributed by atoms with van der Waals surface area (Å²) in [5.41, 5.74) is 2.05. The number of rotatable bonds is 6. The molecule has 0 saturated carbocycles. The van der Waals surface area contributed by atoms with E-state index in [1.165, 1.54) is 24.8 Å². The number of ether oxygens (including phenoxy) is 1. The minimum absolute atomic E-state index is 0.0508. The Morgan fingerprint density at radius 2 is 1.66 bits per heavy atom. The van der Waals surface area contributed by atoms with Crippen molar-refractivity contribution in [3.8, 4) is 17.1 Å². The van der Waals surface area contributed by atoms with Crippen LogP contribution >= 0.6 is 0 Å². The average molecular weight is 416 g/mol. The van der Waals surface area contributed by atoms with Crippen LogP contribution in [0.5, 0.6) is 5.75 Å². The maximum atomic E-state index is 12.6. The van der Waals surface area contributed by atoms with Gasteiger partial charge in [0, 0.05) is 5.56 Å². The normalized spacial score (nSPS) is 13.3. The predicted octanol–water partition coefficient (Wildman–Crippen LogP) is 4.08. The molecule has 0 amide bonds. The van der Waals surface area contributed by atoms with Gasteiger partial charge in [-0.25, -0.2) is 8.42 Å². The van der Waals surface area contributed by atoms with Gasteiger partial charge >= 0.3 is 0 Å². The van der Waals surface area contributed by atoms with Gasteiger partial charge in [0.05, 0.1) is 18.0 Å². The van der Waals surface area contributed by atoms with Gasteiger partial charge in [0.25, 0.3) is 0 Å². The molecule has 0 spiro atoms. The van der Waals surface area contributed by atoms with E-state index in [0.29, 0.717) is 11.6 Å². The van der Waals surface area contributed by atoms with Crippen LogP contribution < -0.4 is 9.46 Å². The highest BCUT2D eigenvalue weighted by Crippen LogP contribution is 2.26. The Morgan fingerprint density at radius 1 is 1.03 bits per heavy atom. The van der Waals surface area contributed by atoms with Crippen LogP contribution in [0.3, 0.4) is 0 Å². The maximum Gasteiger partial charge on any atom is 0.244 e. The van der Waals surface area contributed by atoms with Crippen LogP contribution in [-0.4, -0.2) is 25.7 Å². The van der Waals surface area contributed by atoms with Gasteiger partial charge in [0.15, 0.2) is 0 Å². The lowest BCUT2D eigenvalue weighted by molar-refractivity contribution is 0.354. The van der Waals surface area contributed by atoms with Crippen LogP contribution in [0.15, 0.2) is 57.9 Å². The van der Waals surface area contributed by atoms with Crippen LogP contribution in [0.2, 0.25) is 0 Å². The van der Waals surface area contributed by atoms with Crippen molar-refractivity contribution in [2.75, 3.05) is 7.11 Å². The van der Waals surface area contributed by atoms with E-state index in [2.05, 4.69) is 35.6 Å². The smallest absolute Gasteiger partial charge is 0.244 e. The molecule has 0 aliphatic carbocycles. The van der Waals surface area contributed by atoms with Crippen LogP contribution in [0.1, 0.15) is 45.2 Å². The summed E-state index contributed by atoms with van der Waals surface area (Å²) in [6.45, 7) is 8.09. The Bertz CT molecular complexity index is 1070. The Morgan fingerprint density at radius 3 is 2.21 bits per heavy atom. The van der Waals surface area contributed by atoms with Crippen molar-refractivity contribution < 1.29 is 17.7 Å². The van der Waals surface area contributed by atoms with Gasteiger partial charge in [0.1, 0.15) is 5.75 Å². The summed E-state index contributed by atoms with van der Waals surface area (Å²) in [7, 11) is -2.22. The minimum Gasteiger partial charge on any atom is -0.497 e.